The minimum absolute atomic E-state index is 0.00926. The maximum Gasteiger partial charge on any atom is 0.258 e. The minimum atomic E-state index is 0.00926. The summed E-state index contributed by atoms with van der Waals surface area (Å²) in [5.74, 6) is 1.18. The van der Waals surface area contributed by atoms with Gasteiger partial charge in [0.2, 0.25) is 5.22 Å². The second kappa shape index (κ2) is 4.59. The van der Waals surface area contributed by atoms with Gasteiger partial charge in [0.1, 0.15) is 0 Å². The standard InChI is InChI=1S/C13H17ClN2O2/c1-2-11-10-6-15-5-8(10)7-16(11)13(17)9-3-4-18-12(9)14/h3-4,8,10-11,15H,2,5-7H2,1H3. The molecule has 1 amide bonds. The summed E-state index contributed by atoms with van der Waals surface area (Å²) < 4.78 is 5.01. The van der Waals surface area contributed by atoms with Gasteiger partial charge in [-0.05, 0) is 35.9 Å². The number of likely N-dealkylation sites (tertiary alicyclic amines) is 1. The number of rotatable bonds is 2. The van der Waals surface area contributed by atoms with Crippen LogP contribution in [0.2, 0.25) is 5.22 Å². The highest BCUT2D eigenvalue weighted by Gasteiger charge is 2.45. The number of hydrogen-bond donors (Lipinski definition) is 1. The number of carbonyl (C=O) groups is 1. The molecule has 1 N–H and O–H groups in total. The molecule has 3 unspecified atom stereocenters. The van der Waals surface area contributed by atoms with Crippen LogP contribution in [0.4, 0.5) is 0 Å². The summed E-state index contributed by atoms with van der Waals surface area (Å²) in [4.78, 5) is 14.5. The molecule has 0 radical (unpaired) electrons. The maximum atomic E-state index is 12.5. The number of nitrogens with one attached hydrogen (secondary N) is 1. The third-order valence-corrected chi connectivity index (χ3v) is 4.54. The second-order valence-electron chi connectivity index (χ2n) is 5.12. The molecule has 18 heavy (non-hydrogen) atoms. The molecule has 2 saturated heterocycles. The van der Waals surface area contributed by atoms with Crippen LogP contribution in [-0.4, -0.2) is 36.5 Å². The van der Waals surface area contributed by atoms with Crippen molar-refractivity contribution < 1.29 is 9.21 Å². The Morgan fingerprint density at radius 2 is 2.44 bits per heavy atom. The first-order valence-corrected chi connectivity index (χ1v) is 6.84. The van der Waals surface area contributed by atoms with E-state index in [1.807, 2.05) is 4.90 Å². The molecule has 3 atom stereocenters. The molecule has 3 rings (SSSR count). The first-order chi connectivity index (χ1) is 8.72. The highest BCUT2D eigenvalue weighted by molar-refractivity contribution is 6.32. The topological polar surface area (TPSA) is 45.5 Å². The highest BCUT2D eigenvalue weighted by Crippen LogP contribution is 2.35. The molecule has 4 nitrogen and oxygen atoms in total. The summed E-state index contributed by atoms with van der Waals surface area (Å²) in [5.41, 5.74) is 0.489. The first-order valence-electron chi connectivity index (χ1n) is 6.47. The molecule has 2 aliphatic rings. The van der Waals surface area contributed by atoms with Gasteiger partial charge in [-0.1, -0.05) is 6.92 Å². The number of amides is 1. The highest BCUT2D eigenvalue weighted by atomic mass is 35.5. The Morgan fingerprint density at radius 3 is 3.11 bits per heavy atom. The third-order valence-electron chi connectivity index (χ3n) is 4.25. The summed E-state index contributed by atoms with van der Waals surface area (Å²) in [7, 11) is 0. The van der Waals surface area contributed by atoms with Crippen LogP contribution in [0.25, 0.3) is 0 Å². The molecule has 0 saturated carbocycles. The van der Waals surface area contributed by atoms with Gasteiger partial charge in [-0.2, -0.15) is 0 Å². The van der Waals surface area contributed by atoms with Crippen molar-refractivity contribution in [1.82, 2.24) is 10.2 Å². The Kier molecular flexibility index (Phi) is 3.08. The quantitative estimate of drug-likeness (QED) is 0.892. The Labute approximate surface area is 111 Å². The Hall–Kier alpha value is -1.00. The van der Waals surface area contributed by atoms with E-state index in [9.17, 15) is 4.79 Å². The monoisotopic (exact) mass is 268 g/mol. The van der Waals surface area contributed by atoms with Gasteiger partial charge < -0.3 is 14.6 Å². The summed E-state index contributed by atoms with van der Waals surface area (Å²) in [5, 5.41) is 3.61. The molecule has 0 spiro atoms. The molecule has 5 heteroatoms. The van der Waals surface area contributed by atoms with Crippen LogP contribution in [0, 0.1) is 11.8 Å². The van der Waals surface area contributed by atoms with Crippen molar-refractivity contribution in [2.75, 3.05) is 19.6 Å². The lowest BCUT2D eigenvalue weighted by molar-refractivity contribution is 0.0711. The number of nitrogens with zero attached hydrogens (tertiary/aromatic N) is 1. The molecular formula is C13H17ClN2O2. The van der Waals surface area contributed by atoms with Crippen LogP contribution in [0.5, 0.6) is 0 Å². The SMILES string of the molecule is CCC1C2CNCC2CN1C(=O)c1ccoc1Cl. The van der Waals surface area contributed by atoms with Crippen LogP contribution < -0.4 is 5.32 Å². The Morgan fingerprint density at radius 1 is 1.61 bits per heavy atom. The first kappa shape index (κ1) is 12.1. The number of carbonyl (C=O) groups excluding carboxylic acids is 1. The minimum Gasteiger partial charge on any atom is -0.452 e. The third kappa shape index (κ3) is 1.75. The number of furan rings is 1. The molecule has 3 heterocycles. The zero-order chi connectivity index (χ0) is 12.7. The van der Waals surface area contributed by atoms with Gasteiger partial charge in [0, 0.05) is 25.7 Å². The van der Waals surface area contributed by atoms with Gasteiger partial charge in [0.25, 0.3) is 5.91 Å². The Balaban J connectivity index is 1.84. The van der Waals surface area contributed by atoms with E-state index in [2.05, 4.69) is 12.2 Å². The lowest BCUT2D eigenvalue weighted by atomic mass is 9.93. The zero-order valence-electron chi connectivity index (χ0n) is 10.4. The van der Waals surface area contributed by atoms with Gasteiger partial charge in [-0.25, -0.2) is 0 Å². The summed E-state index contributed by atoms with van der Waals surface area (Å²) in [6.07, 6.45) is 2.46. The summed E-state index contributed by atoms with van der Waals surface area (Å²) in [6.45, 7) is 5.01. The van der Waals surface area contributed by atoms with E-state index in [0.717, 1.165) is 26.1 Å². The van der Waals surface area contributed by atoms with E-state index < -0.39 is 0 Å². The largest absolute Gasteiger partial charge is 0.452 e. The van der Waals surface area contributed by atoms with Crippen molar-refractivity contribution in [3.63, 3.8) is 0 Å². The Bertz CT molecular complexity index is 460. The van der Waals surface area contributed by atoms with Crippen LogP contribution in [0.1, 0.15) is 23.7 Å². The van der Waals surface area contributed by atoms with Gasteiger partial charge in [0.15, 0.2) is 0 Å². The van der Waals surface area contributed by atoms with E-state index in [4.69, 9.17) is 16.0 Å². The molecule has 2 fully saturated rings. The van der Waals surface area contributed by atoms with Crippen LogP contribution in [-0.2, 0) is 0 Å². The number of fused-ring (bicyclic) bond motifs is 1. The van der Waals surface area contributed by atoms with Crippen LogP contribution >= 0.6 is 11.6 Å². The molecule has 0 bridgehead atoms. The average molecular weight is 269 g/mol. The smallest absolute Gasteiger partial charge is 0.258 e. The number of halogens is 1. The molecule has 2 aliphatic heterocycles. The maximum absolute atomic E-state index is 12.5. The van der Waals surface area contributed by atoms with Gasteiger partial charge in [-0.15, -0.1) is 0 Å². The van der Waals surface area contributed by atoms with Crippen molar-refractivity contribution in [2.45, 2.75) is 19.4 Å². The molecular weight excluding hydrogens is 252 g/mol. The molecule has 0 aromatic carbocycles. The predicted octanol–water partition coefficient (Wildman–Crippen LogP) is 2.00. The lowest BCUT2D eigenvalue weighted by Crippen LogP contribution is -2.39. The van der Waals surface area contributed by atoms with Crippen molar-refractivity contribution in [2.24, 2.45) is 11.8 Å². The van der Waals surface area contributed by atoms with Gasteiger partial charge in [0.05, 0.1) is 11.8 Å². The molecule has 0 aliphatic carbocycles. The van der Waals surface area contributed by atoms with Crippen molar-refractivity contribution >= 4 is 17.5 Å². The lowest BCUT2D eigenvalue weighted by Gasteiger charge is -2.26. The van der Waals surface area contributed by atoms with E-state index in [0.29, 0.717) is 23.4 Å². The van der Waals surface area contributed by atoms with Gasteiger partial charge in [-0.3, -0.25) is 4.79 Å². The van der Waals surface area contributed by atoms with E-state index in [1.165, 1.54) is 6.26 Å². The fourth-order valence-electron chi connectivity index (χ4n) is 3.38. The van der Waals surface area contributed by atoms with Crippen LogP contribution in [0.3, 0.4) is 0 Å². The molecule has 98 valence electrons. The summed E-state index contributed by atoms with van der Waals surface area (Å²) >= 11 is 5.90. The predicted molar refractivity (Wildman–Crippen MR) is 68.7 cm³/mol. The fourth-order valence-corrected chi connectivity index (χ4v) is 3.58. The second-order valence-corrected chi connectivity index (χ2v) is 5.47. The van der Waals surface area contributed by atoms with Gasteiger partial charge >= 0.3 is 0 Å². The van der Waals surface area contributed by atoms with Crippen molar-refractivity contribution in [1.29, 1.82) is 0 Å². The van der Waals surface area contributed by atoms with Crippen molar-refractivity contribution in [3.8, 4) is 0 Å². The van der Waals surface area contributed by atoms with E-state index >= 15 is 0 Å². The fraction of sp³-hybridized carbons (Fsp3) is 0.615. The number of hydrogen-bond acceptors (Lipinski definition) is 3. The van der Waals surface area contributed by atoms with E-state index in [-0.39, 0.29) is 11.1 Å². The van der Waals surface area contributed by atoms with Crippen LogP contribution in [0.15, 0.2) is 16.7 Å². The molecule has 1 aromatic heterocycles. The summed E-state index contributed by atoms with van der Waals surface area (Å²) in [6, 6.07) is 1.98. The normalized spacial score (nSPS) is 30.8. The van der Waals surface area contributed by atoms with Crippen molar-refractivity contribution in [3.05, 3.63) is 23.1 Å². The average Bonchev–Trinajstić information content (AvgIpc) is 3.01. The zero-order valence-corrected chi connectivity index (χ0v) is 11.1. The molecule has 1 aromatic rings. The van der Waals surface area contributed by atoms with E-state index in [1.54, 1.807) is 6.07 Å².